The number of anilines is 1. The maximum Gasteiger partial charge on any atom is 0.251 e. The molecule has 0 aliphatic rings. The molecule has 0 unspecified atom stereocenters. The van der Waals surface area contributed by atoms with Crippen LogP contribution in [0, 0.1) is 5.41 Å². The molecular formula is C21H23N5O2. The van der Waals surface area contributed by atoms with Crippen LogP contribution in [0.4, 0.5) is 5.69 Å². The van der Waals surface area contributed by atoms with E-state index in [-0.39, 0.29) is 11.8 Å². The Hall–Kier alpha value is -3.48. The summed E-state index contributed by atoms with van der Waals surface area (Å²) < 4.78 is 1.66. The maximum atomic E-state index is 12.5. The van der Waals surface area contributed by atoms with Gasteiger partial charge in [0.1, 0.15) is 0 Å². The van der Waals surface area contributed by atoms with E-state index >= 15 is 0 Å². The number of nitrogens with zero attached hydrogens (tertiary/aromatic N) is 3. The number of hydrogen-bond acceptors (Lipinski definition) is 4. The number of pyridine rings is 1. The third-order valence-electron chi connectivity index (χ3n) is 4.07. The monoisotopic (exact) mass is 377 g/mol. The number of rotatable bonds is 5. The zero-order chi connectivity index (χ0) is 20.1. The largest absolute Gasteiger partial charge is 0.348 e. The molecule has 0 spiro atoms. The van der Waals surface area contributed by atoms with Crippen molar-refractivity contribution < 1.29 is 9.59 Å². The zero-order valence-corrected chi connectivity index (χ0v) is 16.1. The third-order valence-corrected chi connectivity index (χ3v) is 4.07. The van der Waals surface area contributed by atoms with E-state index in [4.69, 9.17) is 0 Å². The number of hydrogen-bond donors (Lipinski definition) is 2. The minimum atomic E-state index is -0.508. The topological polar surface area (TPSA) is 88.9 Å². The van der Waals surface area contributed by atoms with Gasteiger partial charge in [-0.15, -0.1) is 0 Å². The molecule has 0 aliphatic heterocycles. The highest BCUT2D eigenvalue weighted by Crippen LogP contribution is 2.18. The minimum absolute atomic E-state index is 0.104. The molecule has 3 rings (SSSR count). The Labute approximate surface area is 163 Å². The van der Waals surface area contributed by atoms with Crippen molar-refractivity contribution in [2.24, 2.45) is 5.41 Å². The Morgan fingerprint density at radius 1 is 1.07 bits per heavy atom. The summed E-state index contributed by atoms with van der Waals surface area (Å²) in [6.07, 6.45) is 5.17. The van der Waals surface area contributed by atoms with E-state index in [1.807, 2.05) is 45.2 Å². The first-order valence-corrected chi connectivity index (χ1v) is 8.97. The van der Waals surface area contributed by atoms with Crippen LogP contribution in [0.5, 0.6) is 0 Å². The fraction of sp³-hybridized carbons (Fsp3) is 0.238. The van der Waals surface area contributed by atoms with E-state index < -0.39 is 5.41 Å². The SMILES string of the molecule is CC(C)(C)C(=O)Nc1cccc(C(=O)NCc2ccnc(-n3cccn3)c2)c1. The number of nitrogens with one attached hydrogen (secondary N) is 2. The predicted octanol–water partition coefficient (Wildman–Crippen LogP) is 3.18. The summed E-state index contributed by atoms with van der Waals surface area (Å²) in [7, 11) is 0. The van der Waals surface area contributed by atoms with Crippen LogP contribution >= 0.6 is 0 Å². The van der Waals surface area contributed by atoms with Gasteiger partial charge in [-0.2, -0.15) is 5.10 Å². The van der Waals surface area contributed by atoms with Crippen molar-refractivity contribution in [3.05, 3.63) is 72.2 Å². The van der Waals surface area contributed by atoms with Crippen LogP contribution in [0.3, 0.4) is 0 Å². The average Bonchev–Trinajstić information content (AvgIpc) is 3.20. The molecule has 0 fully saturated rings. The van der Waals surface area contributed by atoms with Gasteiger partial charge < -0.3 is 10.6 Å². The van der Waals surface area contributed by atoms with Gasteiger partial charge in [-0.1, -0.05) is 26.8 Å². The van der Waals surface area contributed by atoms with Gasteiger partial charge in [0.25, 0.3) is 5.91 Å². The average molecular weight is 377 g/mol. The molecule has 3 aromatic rings. The molecular weight excluding hydrogens is 354 g/mol. The quantitative estimate of drug-likeness (QED) is 0.715. The maximum absolute atomic E-state index is 12.5. The van der Waals surface area contributed by atoms with E-state index in [1.165, 1.54) is 0 Å². The molecule has 0 aliphatic carbocycles. The lowest BCUT2D eigenvalue weighted by molar-refractivity contribution is -0.123. The van der Waals surface area contributed by atoms with Gasteiger partial charge in [0.15, 0.2) is 5.82 Å². The van der Waals surface area contributed by atoms with E-state index in [2.05, 4.69) is 20.7 Å². The molecule has 28 heavy (non-hydrogen) atoms. The number of benzene rings is 1. The second kappa shape index (κ2) is 8.04. The number of carbonyl (C=O) groups excluding carboxylic acids is 2. The number of amides is 2. The fourth-order valence-corrected chi connectivity index (χ4v) is 2.44. The van der Waals surface area contributed by atoms with Gasteiger partial charge in [0.05, 0.1) is 0 Å². The molecule has 144 valence electrons. The second-order valence-corrected chi connectivity index (χ2v) is 7.44. The second-order valence-electron chi connectivity index (χ2n) is 7.44. The van der Waals surface area contributed by atoms with Gasteiger partial charge in [-0.25, -0.2) is 9.67 Å². The molecule has 2 aromatic heterocycles. The Bertz CT molecular complexity index is 974. The normalized spacial score (nSPS) is 11.1. The van der Waals surface area contributed by atoms with Crippen molar-refractivity contribution in [2.45, 2.75) is 27.3 Å². The molecule has 1 aromatic carbocycles. The van der Waals surface area contributed by atoms with Crippen molar-refractivity contribution in [2.75, 3.05) is 5.32 Å². The van der Waals surface area contributed by atoms with Crippen molar-refractivity contribution >= 4 is 17.5 Å². The lowest BCUT2D eigenvalue weighted by Crippen LogP contribution is -2.28. The summed E-state index contributed by atoms with van der Waals surface area (Å²) in [6.45, 7) is 5.87. The highest BCUT2D eigenvalue weighted by molar-refractivity contribution is 5.98. The molecule has 0 bridgehead atoms. The Morgan fingerprint density at radius 3 is 2.61 bits per heavy atom. The summed E-state index contributed by atoms with van der Waals surface area (Å²) >= 11 is 0. The Kier molecular flexibility index (Phi) is 5.54. The van der Waals surface area contributed by atoms with Crippen LogP contribution < -0.4 is 10.6 Å². The third kappa shape index (κ3) is 4.82. The molecule has 2 heterocycles. The molecule has 7 nitrogen and oxygen atoms in total. The predicted molar refractivity (Wildman–Crippen MR) is 107 cm³/mol. The highest BCUT2D eigenvalue weighted by atomic mass is 16.2. The molecule has 2 amide bonds. The van der Waals surface area contributed by atoms with Crippen LogP contribution in [0.25, 0.3) is 5.82 Å². The summed E-state index contributed by atoms with van der Waals surface area (Å²) in [5.74, 6) is 0.362. The van der Waals surface area contributed by atoms with Crippen LogP contribution in [-0.2, 0) is 11.3 Å². The highest BCUT2D eigenvalue weighted by Gasteiger charge is 2.21. The van der Waals surface area contributed by atoms with Gasteiger partial charge in [0.2, 0.25) is 5.91 Å². The van der Waals surface area contributed by atoms with Gasteiger partial charge in [-0.3, -0.25) is 9.59 Å². The summed E-state index contributed by atoms with van der Waals surface area (Å²) in [6, 6.07) is 12.4. The first-order valence-electron chi connectivity index (χ1n) is 8.97. The van der Waals surface area contributed by atoms with Crippen LogP contribution in [0.1, 0.15) is 36.7 Å². The van der Waals surface area contributed by atoms with E-state index in [0.717, 1.165) is 5.56 Å². The smallest absolute Gasteiger partial charge is 0.251 e. The summed E-state index contributed by atoms with van der Waals surface area (Å²) in [5.41, 5.74) is 1.47. The summed E-state index contributed by atoms with van der Waals surface area (Å²) in [5, 5.41) is 9.88. The van der Waals surface area contributed by atoms with E-state index in [9.17, 15) is 9.59 Å². The standard InChI is InChI=1S/C21H23N5O2/c1-21(2,3)20(28)25-17-7-4-6-16(13-17)19(27)23-14-15-8-10-22-18(12-15)26-11-5-9-24-26/h4-13H,14H2,1-3H3,(H,23,27)(H,25,28). The first-order chi connectivity index (χ1) is 13.3. The molecule has 0 radical (unpaired) electrons. The van der Waals surface area contributed by atoms with Crippen LogP contribution in [0.15, 0.2) is 61.1 Å². The van der Waals surface area contributed by atoms with Crippen LogP contribution in [-0.4, -0.2) is 26.6 Å². The van der Waals surface area contributed by atoms with Gasteiger partial charge in [-0.05, 0) is 42.0 Å². The Balaban J connectivity index is 1.65. The lowest BCUT2D eigenvalue weighted by Gasteiger charge is -2.18. The Morgan fingerprint density at radius 2 is 1.89 bits per heavy atom. The zero-order valence-electron chi connectivity index (χ0n) is 16.1. The van der Waals surface area contributed by atoms with Crippen LogP contribution in [0.2, 0.25) is 0 Å². The lowest BCUT2D eigenvalue weighted by atomic mass is 9.95. The van der Waals surface area contributed by atoms with E-state index in [0.29, 0.717) is 23.6 Å². The van der Waals surface area contributed by atoms with Gasteiger partial charge in [0, 0.05) is 41.8 Å². The number of aromatic nitrogens is 3. The first kappa shape index (κ1) is 19.3. The van der Waals surface area contributed by atoms with Crippen molar-refractivity contribution in [1.82, 2.24) is 20.1 Å². The summed E-state index contributed by atoms with van der Waals surface area (Å²) in [4.78, 5) is 28.9. The molecule has 0 saturated heterocycles. The van der Waals surface area contributed by atoms with E-state index in [1.54, 1.807) is 41.3 Å². The van der Waals surface area contributed by atoms with Crippen molar-refractivity contribution in [1.29, 1.82) is 0 Å². The van der Waals surface area contributed by atoms with Gasteiger partial charge >= 0.3 is 0 Å². The minimum Gasteiger partial charge on any atom is -0.348 e. The van der Waals surface area contributed by atoms with Crippen molar-refractivity contribution in [3.63, 3.8) is 0 Å². The molecule has 2 N–H and O–H groups in total. The molecule has 7 heteroatoms. The fourth-order valence-electron chi connectivity index (χ4n) is 2.44. The molecule has 0 saturated carbocycles. The number of carbonyl (C=O) groups is 2. The molecule has 0 atom stereocenters. The van der Waals surface area contributed by atoms with Crippen molar-refractivity contribution in [3.8, 4) is 5.82 Å².